The number of nitrogens with one attached hydrogen (secondary N) is 1. The Morgan fingerprint density at radius 3 is 2.79 bits per heavy atom. The lowest BCUT2D eigenvalue weighted by Crippen LogP contribution is -2.33. The Morgan fingerprint density at radius 2 is 2.21 bits per heavy atom. The Hall–Kier alpha value is -1.29. The zero-order valence-electron chi connectivity index (χ0n) is 11.4. The maximum absolute atomic E-state index is 12.5. The topological polar surface area (TPSA) is 45.2 Å². The SMILES string of the molecule is CCCN(C(=O)c1cc(Cl)nc(NCC)c1)C1CC1. The normalized spacial score (nSPS) is 14.3. The second-order valence-corrected chi connectivity index (χ2v) is 5.21. The van der Waals surface area contributed by atoms with E-state index in [-0.39, 0.29) is 5.91 Å². The molecule has 0 spiro atoms. The summed E-state index contributed by atoms with van der Waals surface area (Å²) in [5.41, 5.74) is 0.622. The average Bonchev–Trinajstić information content (AvgIpc) is 3.19. The van der Waals surface area contributed by atoms with Crippen LogP contribution in [0.4, 0.5) is 5.82 Å². The van der Waals surface area contributed by atoms with Crippen molar-refractivity contribution in [1.29, 1.82) is 0 Å². The smallest absolute Gasteiger partial charge is 0.254 e. The van der Waals surface area contributed by atoms with Crippen molar-refractivity contribution in [3.8, 4) is 0 Å². The van der Waals surface area contributed by atoms with Gasteiger partial charge in [0, 0.05) is 24.7 Å². The van der Waals surface area contributed by atoms with E-state index in [1.165, 1.54) is 0 Å². The summed E-state index contributed by atoms with van der Waals surface area (Å²) in [5, 5.41) is 3.45. The van der Waals surface area contributed by atoms with E-state index < -0.39 is 0 Å². The number of amides is 1. The highest BCUT2D eigenvalue weighted by molar-refractivity contribution is 6.29. The molecule has 1 saturated carbocycles. The van der Waals surface area contributed by atoms with Crippen LogP contribution in [0.15, 0.2) is 12.1 Å². The number of hydrogen-bond donors (Lipinski definition) is 1. The zero-order chi connectivity index (χ0) is 13.8. The highest BCUT2D eigenvalue weighted by Gasteiger charge is 2.32. The standard InChI is InChI=1S/C14H20ClN3O/c1-3-7-18(11-5-6-11)14(19)10-8-12(15)17-13(9-10)16-4-2/h8-9,11H,3-7H2,1-2H3,(H,16,17). The number of rotatable bonds is 6. The third kappa shape index (κ3) is 3.60. The Morgan fingerprint density at radius 1 is 1.47 bits per heavy atom. The van der Waals surface area contributed by atoms with Crippen molar-refractivity contribution in [1.82, 2.24) is 9.88 Å². The monoisotopic (exact) mass is 281 g/mol. The molecule has 1 N–H and O–H groups in total. The van der Waals surface area contributed by atoms with Gasteiger partial charge in [-0.15, -0.1) is 0 Å². The third-order valence-corrected chi connectivity index (χ3v) is 3.31. The molecule has 0 saturated heterocycles. The average molecular weight is 282 g/mol. The van der Waals surface area contributed by atoms with Gasteiger partial charge in [0.15, 0.2) is 0 Å². The lowest BCUT2D eigenvalue weighted by atomic mass is 10.2. The van der Waals surface area contributed by atoms with E-state index in [1.54, 1.807) is 12.1 Å². The number of anilines is 1. The molecule has 104 valence electrons. The Balaban J connectivity index is 2.21. The third-order valence-electron chi connectivity index (χ3n) is 3.11. The van der Waals surface area contributed by atoms with Gasteiger partial charge in [0.1, 0.15) is 11.0 Å². The molecule has 1 aromatic rings. The van der Waals surface area contributed by atoms with Crippen LogP contribution in [0, 0.1) is 0 Å². The summed E-state index contributed by atoms with van der Waals surface area (Å²) in [5.74, 6) is 0.721. The number of pyridine rings is 1. The van der Waals surface area contributed by atoms with Crippen molar-refractivity contribution in [3.63, 3.8) is 0 Å². The van der Waals surface area contributed by atoms with Crippen molar-refractivity contribution >= 4 is 23.3 Å². The van der Waals surface area contributed by atoms with Gasteiger partial charge in [0.2, 0.25) is 0 Å². The molecule has 1 aliphatic rings. The van der Waals surface area contributed by atoms with Crippen molar-refractivity contribution in [2.24, 2.45) is 0 Å². The highest BCUT2D eigenvalue weighted by Crippen LogP contribution is 2.29. The van der Waals surface area contributed by atoms with Crippen LogP contribution in [0.1, 0.15) is 43.5 Å². The Bertz CT molecular complexity index is 460. The van der Waals surface area contributed by atoms with Gasteiger partial charge in [-0.1, -0.05) is 18.5 Å². The fourth-order valence-electron chi connectivity index (χ4n) is 2.13. The summed E-state index contributed by atoms with van der Waals surface area (Å²) in [6, 6.07) is 3.85. The Kier molecular flexibility index (Phi) is 4.64. The number of nitrogens with zero attached hydrogens (tertiary/aromatic N) is 2. The van der Waals surface area contributed by atoms with Crippen molar-refractivity contribution in [3.05, 3.63) is 22.8 Å². The Labute approximate surface area is 119 Å². The lowest BCUT2D eigenvalue weighted by molar-refractivity contribution is 0.0743. The van der Waals surface area contributed by atoms with Crippen molar-refractivity contribution in [2.45, 2.75) is 39.2 Å². The van der Waals surface area contributed by atoms with Crippen LogP contribution in [0.2, 0.25) is 5.15 Å². The van der Waals surface area contributed by atoms with Crippen LogP contribution in [-0.2, 0) is 0 Å². The molecule has 1 aliphatic carbocycles. The maximum atomic E-state index is 12.5. The first kappa shape index (κ1) is 14.1. The summed E-state index contributed by atoms with van der Waals surface area (Å²) >= 11 is 5.98. The van der Waals surface area contributed by atoms with E-state index >= 15 is 0 Å². The summed E-state index contributed by atoms with van der Waals surface area (Å²) in [6.45, 7) is 5.63. The van der Waals surface area contributed by atoms with Gasteiger partial charge in [0.25, 0.3) is 5.91 Å². The minimum absolute atomic E-state index is 0.0628. The maximum Gasteiger partial charge on any atom is 0.254 e. The molecule has 0 unspecified atom stereocenters. The molecule has 1 fully saturated rings. The predicted molar refractivity (Wildman–Crippen MR) is 77.8 cm³/mol. The first-order valence-electron chi connectivity index (χ1n) is 6.88. The summed E-state index contributed by atoms with van der Waals surface area (Å²) in [4.78, 5) is 18.7. The fraction of sp³-hybridized carbons (Fsp3) is 0.571. The van der Waals surface area contributed by atoms with E-state index in [1.807, 2.05) is 11.8 Å². The molecular weight excluding hydrogens is 262 g/mol. The number of halogens is 1. The number of aromatic nitrogens is 1. The van der Waals surface area contributed by atoms with Gasteiger partial charge < -0.3 is 10.2 Å². The molecule has 1 heterocycles. The second-order valence-electron chi connectivity index (χ2n) is 4.82. The van der Waals surface area contributed by atoms with Crippen LogP contribution < -0.4 is 5.32 Å². The fourth-order valence-corrected chi connectivity index (χ4v) is 2.34. The number of carbonyl (C=O) groups excluding carboxylic acids is 1. The van der Waals surface area contributed by atoms with Crippen LogP contribution >= 0.6 is 11.6 Å². The summed E-state index contributed by atoms with van der Waals surface area (Å²) in [7, 11) is 0. The summed E-state index contributed by atoms with van der Waals surface area (Å²) in [6.07, 6.45) is 3.20. The first-order chi connectivity index (χ1) is 9.15. The molecule has 0 aliphatic heterocycles. The van der Waals surface area contributed by atoms with E-state index in [9.17, 15) is 4.79 Å². The quantitative estimate of drug-likeness (QED) is 0.815. The zero-order valence-corrected chi connectivity index (χ0v) is 12.2. The van der Waals surface area contributed by atoms with Crippen LogP contribution in [0.3, 0.4) is 0 Å². The van der Waals surface area contributed by atoms with E-state index in [4.69, 9.17) is 11.6 Å². The van der Waals surface area contributed by atoms with Crippen LogP contribution in [0.25, 0.3) is 0 Å². The molecule has 0 bridgehead atoms. The van der Waals surface area contributed by atoms with E-state index in [0.29, 0.717) is 22.6 Å². The van der Waals surface area contributed by atoms with Crippen molar-refractivity contribution < 1.29 is 4.79 Å². The molecule has 19 heavy (non-hydrogen) atoms. The molecule has 4 nitrogen and oxygen atoms in total. The lowest BCUT2D eigenvalue weighted by Gasteiger charge is -2.22. The van der Waals surface area contributed by atoms with Gasteiger partial charge in [-0.3, -0.25) is 4.79 Å². The van der Waals surface area contributed by atoms with Crippen molar-refractivity contribution in [2.75, 3.05) is 18.4 Å². The minimum Gasteiger partial charge on any atom is -0.370 e. The first-order valence-corrected chi connectivity index (χ1v) is 7.26. The number of carbonyl (C=O) groups is 1. The molecule has 0 radical (unpaired) electrons. The molecule has 5 heteroatoms. The highest BCUT2D eigenvalue weighted by atomic mass is 35.5. The minimum atomic E-state index is 0.0628. The molecule has 1 aromatic heterocycles. The molecule has 0 aromatic carbocycles. The van der Waals surface area contributed by atoms with Gasteiger partial charge >= 0.3 is 0 Å². The van der Waals surface area contributed by atoms with Gasteiger partial charge in [-0.2, -0.15) is 0 Å². The van der Waals surface area contributed by atoms with Crippen LogP contribution in [0.5, 0.6) is 0 Å². The largest absolute Gasteiger partial charge is 0.370 e. The number of hydrogen-bond acceptors (Lipinski definition) is 3. The molecular formula is C14H20ClN3O. The predicted octanol–water partition coefficient (Wildman–Crippen LogP) is 3.18. The second kappa shape index (κ2) is 6.24. The molecule has 2 rings (SSSR count). The van der Waals surface area contributed by atoms with E-state index in [0.717, 1.165) is 32.4 Å². The van der Waals surface area contributed by atoms with E-state index in [2.05, 4.69) is 17.2 Å². The molecule has 0 atom stereocenters. The van der Waals surface area contributed by atoms with Gasteiger partial charge in [-0.05, 0) is 38.3 Å². The van der Waals surface area contributed by atoms with Gasteiger partial charge in [-0.25, -0.2) is 4.98 Å². The summed E-state index contributed by atoms with van der Waals surface area (Å²) < 4.78 is 0. The van der Waals surface area contributed by atoms with Gasteiger partial charge in [0.05, 0.1) is 0 Å². The van der Waals surface area contributed by atoms with Crippen LogP contribution in [-0.4, -0.2) is 34.9 Å². The molecule has 1 amide bonds.